The van der Waals surface area contributed by atoms with Gasteiger partial charge in [0.05, 0.1) is 10.9 Å². The largest absolute Gasteiger partial charge is 0.461 e. The predicted molar refractivity (Wildman–Crippen MR) is 165 cm³/mol. The van der Waals surface area contributed by atoms with Gasteiger partial charge in [-0.1, -0.05) is 42.2 Å². The highest BCUT2D eigenvalue weighted by Gasteiger charge is 2.45. The topological polar surface area (TPSA) is 86.6 Å². The van der Waals surface area contributed by atoms with Crippen molar-refractivity contribution in [1.82, 2.24) is 25.2 Å². The van der Waals surface area contributed by atoms with Crippen LogP contribution in [0.2, 0.25) is 0 Å². The molecule has 9 heteroatoms. The average molecular weight is 579 g/mol. The van der Waals surface area contributed by atoms with Gasteiger partial charge in [0.15, 0.2) is 5.82 Å². The molecule has 0 aliphatic carbocycles. The van der Waals surface area contributed by atoms with Gasteiger partial charge in [-0.25, -0.2) is 4.39 Å². The van der Waals surface area contributed by atoms with Crippen LogP contribution in [0.1, 0.15) is 44.1 Å². The van der Waals surface area contributed by atoms with E-state index in [2.05, 4.69) is 27.0 Å². The zero-order valence-electron chi connectivity index (χ0n) is 24.2. The van der Waals surface area contributed by atoms with E-state index in [1.54, 1.807) is 6.20 Å². The molecule has 8 rings (SSSR count). The maximum absolute atomic E-state index is 16.8. The van der Waals surface area contributed by atoms with Crippen molar-refractivity contribution >= 4 is 27.5 Å². The molecule has 43 heavy (non-hydrogen) atoms. The van der Waals surface area contributed by atoms with E-state index in [1.807, 2.05) is 36.4 Å². The third kappa shape index (κ3) is 4.60. The molecule has 0 saturated carbocycles. The number of hydrogen-bond acceptors (Lipinski definition) is 8. The van der Waals surface area contributed by atoms with Gasteiger partial charge in [0.25, 0.3) is 0 Å². The number of benzene rings is 2. The average Bonchev–Trinajstić information content (AvgIpc) is 3.72. The molecule has 4 aliphatic heterocycles. The number of halogens is 1. The second kappa shape index (κ2) is 10.7. The normalized spacial score (nSPS) is 22.6. The number of piperazine rings is 1. The van der Waals surface area contributed by atoms with E-state index in [9.17, 15) is 5.11 Å². The highest BCUT2D eigenvalue weighted by atomic mass is 19.1. The van der Waals surface area contributed by atoms with Crippen LogP contribution in [0.4, 0.5) is 10.2 Å². The zero-order valence-corrected chi connectivity index (χ0v) is 24.2. The first kappa shape index (κ1) is 26.8. The van der Waals surface area contributed by atoms with Crippen LogP contribution < -0.4 is 15.0 Å². The molecule has 0 amide bonds. The van der Waals surface area contributed by atoms with Crippen molar-refractivity contribution in [2.75, 3.05) is 44.3 Å². The van der Waals surface area contributed by atoms with Gasteiger partial charge in [-0.05, 0) is 63.1 Å². The first-order valence-corrected chi connectivity index (χ1v) is 15.5. The van der Waals surface area contributed by atoms with E-state index in [1.165, 1.54) is 12.8 Å². The van der Waals surface area contributed by atoms with Crippen LogP contribution in [-0.4, -0.2) is 82.0 Å². The fraction of sp³-hybridized carbons (Fsp3) is 0.441. The van der Waals surface area contributed by atoms with Crippen LogP contribution in [0.25, 0.3) is 32.9 Å². The summed E-state index contributed by atoms with van der Waals surface area (Å²) < 4.78 is 23.2. The Kier molecular flexibility index (Phi) is 6.66. The number of aliphatic hydroxyl groups excluding tert-OH is 1. The van der Waals surface area contributed by atoms with Crippen LogP contribution in [0, 0.1) is 17.7 Å². The maximum atomic E-state index is 16.8. The summed E-state index contributed by atoms with van der Waals surface area (Å²) >= 11 is 0. The van der Waals surface area contributed by atoms with Crippen molar-refractivity contribution in [2.45, 2.75) is 56.1 Å². The quantitative estimate of drug-likeness (QED) is 0.340. The maximum Gasteiger partial charge on any atom is 0.319 e. The number of aliphatic hydroxyl groups is 1. The molecule has 0 unspecified atom stereocenters. The van der Waals surface area contributed by atoms with E-state index in [-0.39, 0.29) is 29.4 Å². The van der Waals surface area contributed by atoms with E-state index in [4.69, 9.17) is 19.7 Å². The summed E-state index contributed by atoms with van der Waals surface area (Å²) in [5.41, 5.74) is 1.81. The third-order valence-corrected chi connectivity index (χ3v) is 9.90. The van der Waals surface area contributed by atoms with Crippen molar-refractivity contribution in [1.29, 1.82) is 0 Å². The molecule has 2 N–H and O–H groups in total. The molecule has 8 nitrogen and oxygen atoms in total. The molecule has 4 aliphatic rings. The van der Waals surface area contributed by atoms with Gasteiger partial charge < -0.3 is 20.1 Å². The lowest BCUT2D eigenvalue weighted by atomic mass is 9.95. The molecule has 2 atom stereocenters. The lowest BCUT2D eigenvalue weighted by Gasteiger charge is -2.34. The zero-order chi connectivity index (χ0) is 29.0. The van der Waals surface area contributed by atoms with Gasteiger partial charge >= 0.3 is 6.01 Å². The molecular weight excluding hydrogens is 543 g/mol. The van der Waals surface area contributed by atoms with Gasteiger partial charge in [-0.3, -0.25) is 9.88 Å². The molecule has 2 bridgehead atoms. The van der Waals surface area contributed by atoms with Crippen LogP contribution in [0.3, 0.4) is 0 Å². The summed E-state index contributed by atoms with van der Waals surface area (Å²) in [5, 5.41) is 15.3. The van der Waals surface area contributed by atoms with E-state index in [0.717, 1.165) is 62.6 Å². The highest BCUT2D eigenvalue weighted by molar-refractivity contribution is 6.02. The smallest absolute Gasteiger partial charge is 0.319 e. The Bertz CT molecular complexity index is 1760. The summed E-state index contributed by atoms with van der Waals surface area (Å²) in [6, 6.07) is 12.5. The van der Waals surface area contributed by atoms with E-state index < -0.39 is 5.82 Å². The summed E-state index contributed by atoms with van der Waals surface area (Å²) in [7, 11) is 0. The summed E-state index contributed by atoms with van der Waals surface area (Å²) in [6.45, 7) is 4.09. The molecule has 6 heterocycles. The second-order valence-corrected chi connectivity index (χ2v) is 12.4. The minimum atomic E-state index is -0.497. The van der Waals surface area contributed by atoms with Crippen LogP contribution >= 0.6 is 0 Å². The first-order valence-electron chi connectivity index (χ1n) is 15.5. The fourth-order valence-corrected chi connectivity index (χ4v) is 7.92. The number of ether oxygens (including phenoxy) is 1. The highest BCUT2D eigenvalue weighted by Crippen LogP contribution is 2.40. The molecule has 2 aromatic heterocycles. The Labute approximate surface area is 250 Å². The third-order valence-electron chi connectivity index (χ3n) is 9.90. The van der Waals surface area contributed by atoms with Crippen molar-refractivity contribution in [2.24, 2.45) is 0 Å². The van der Waals surface area contributed by atoms with Gasteiger partial charge in [0.2, 0.25) is 0 Å². The number of nitrogens with one attached hydrogen (secondary N) is 1. The monoisotopic (exact) mass is 578 g/mol. The standard InChI is InChI=1S/C34H35FN6O2/c35-29-30(26-10-2-8-22-6-1-7-23(28(22)26)9-3-17-42)36-18-27-31(29)38-33(43-21-34-13-4-15-41(34)16-5-14-34)39-32(27)40-19-24-11-12-25(20-40)37-24/h1-2,6-8,10,18,24-25,37,42H,4-5,11-17,19-21H2/t24-,25+. The molecule has 4 aromatic rings. The Morgan fingerprint density at radius 1 is 1.05 bits per heavy atom. The lowest BCUT2D eigenvalue weighted by molar-refractivity contribution is 0.108. The first-order chi connectivity index (χ1) is 21.1. The Balaban J connectivity index is 1.26. The van der Waals surface area contributed by atoms with Crippen molar-refractivity contribution in [3.8, 4) is 29.1 Å². The fourth-order valence-electron chi connectivity index (χ4n) is 7.92. The number of nitrogens with zero attached hydrogens (tertiary/aromatic N) is 5. The number of fused-ring (bicyclic) bond motifs is 5. The Hall–Kier alpha value is -3.84. The SMILES string of the molecule is OCC#Cc1cccc2cccc(-c3ncc4c(N5C[C@H]6CC[C@@H](C5)N6)nc(OCC56CCCN5CCC6)nc4c3F)c12. The minimum Gasteiger partial charge on any atom is -0.461 e. The molecule has 220 valence electrons. The molecule has 0 radical (unpaired) electrons. The van der Waals surface area contributed by atoms with E-state index in [0.29, 0.717) is 41.0 Å². The Morgan fingerprint density at radius 3 is 2.58 bits per heavy atom. The van der Waals surface area contributed by atoms with Crippen LogP contribution in [0.5, 0.6) is 6.01 Å². The summed E-state index contributed by atoms with van der Waals surface area (Å²) in [4.78, 5) is 19.2. The predicted octanol–water partition coefficient (Wildman–Crippen LogP) is 4.28. The summed E-state index contributed by atoms with van der Waals surface area (Å²) in [6.07, 6.45) is 8.55. The van der Waals surface area contributed by atoms with Gasteiger partial charge in [0, 0.05) is 47.9 Å². The van der Waals surface area contributed by atoms with Crippen molar-refractivity contribution < 1.29 is 14.2 Å². The number of rotatable bonds is 5. The van der Waals surface area contributed by atoms with E-state index >= 15 is 4.39 Å². The van der Waals surface area contributed by atoms with Gasteiger partial charge in [-0.15, -0.1) is 0 Å². The summed E-state index contributed by atoms with van der Waals surface area (Å²) in [5.74, 6) is 5.96. The molecule has 4 saturated heterocycles. The van der Waals surface area contributed by atoms with Crippen molar-refractivity contribution in [3.05, 3.63) is 54.0 Å². The minimum absolute atomic E-state index is 0.0313. The van der Waals surface area contributed by atoms with Crippen LogP contribution in [0.15, 0.2) is 42.6 Å². The number of hydrogen-bond donors (Lipinski definition) is 2. The molecule has 0 spiro atoms. The molecule has 4 fully saturated rings. The lowest BCUT2D eigenvalue weighted by Crippen LogP contribution is -2.51. The van der Waals surface area contributed by atoms with Crippen LogP contribution in [-0.2, 0) is 0 Å². The molecular formula is C34H35FN6O2. The second-order valence-electron chi connectivity index (χ2n) is 12.4. The molecule has 2 aromatic carbocycles. The van der Waals surface area contributed by atoms with Gasteiger partial charge in [0.1, 0.15) is 30.2 Å². The Morgan fingerprint density at radius 2 is 1.81 bits per heavy atom. The van der Waals surface area contributed by atoms with Crippen molar-refractivity contribution in [3.63, 3.8) is 0 Å². The van der Waals surface area contributed by atoms with Gasteiger partial charge in [-0.2, -0.15) is 9.97 Å². The number of pyridine rings is 1. The number of aromatic nitrogens is 3. The number of anilines is 1.